The lowest BCUT2D eigenvalue weighted by Crippen LogP contribution is -1.96. The van der Waals surface area contributed by atoms with Gasteiger partial charge in [-0.25, -0.2) is 4.39 Å². The third-order valence-electron chi connectivity index (χ3n) is 2.67. The van der Waals surface area contributed by atoms with E-state index in [1.54, 1.807) is 23.0 Å². The van der Waals surface area contributed by atoms with Crippen molar-refractivity contribution in [3.63, 3.8) is 0 Å². The monoisotopic (exact) mass is 248 g/mol. The number of methoxy groups -OCH3 is 1. The minimum absolute atomic E-state index is 0.217. The summed E-state index contributed by atoms with van der Waals surface area (Å²) in [5.41, 5.74) is 0.872. The Bertz CT molecular complexity index is 578. The number of nitrogens with zero attached hydrogens (tertiary/aromatic N) is 2. The van der Waals surface area contributed by atoms with E-state index < -0.39 is 5.82 Å². The number of halogens is 1. The standard InChI is InChI=1S/C13H13FN2O2/c1-3-16-7-9(8-17)13(15-16)12-10(14)5-4-6-11(12)18-2/h4-8H,3H2,1-2H3. The number of ether oxygens (including phenoxy) is 1. The van der Waals surface area contributed by atoms with Crippen molar-refractivity contribution >= 4 is 6.29 Å². The molecule has 0 atom stereocenters. The van der Waals surface area contributed by atoms with Crippen molar-refractivity contribution in [2.45, 2.75) is 13.5 Å². The van der Waals surface area contributed by atoms with Gasteiger partial charge in [0.25, 0.3) is 0 Å². The first-order valence-electron chi connectivity index (χ1n) is 5.56. The number of benzene rings is 1. The fourth-order valence-electron chi connectivity index (χ4n) is 1.78. The maximum atomic E-state index is 13.9. The van der Waals surface area contributed by atoms with Gasteiger partial charge in [-0.1, -0.05) is 6.07 Å². The molecule has 5 heteroatoms. The number of aryl methyl sites for hydroxylation is 1. The highest BCUT2D eigenvalue weighted by Crippen LogP contribution is 2.33. The van der Waals surface area contributed by atoms with Gasteiger partial charge in [0.1, 0.15) is 17.3 Å². The molecule has 0 N–H and O–H groups in total. The van der Waals surface area contributed by atoms with E-state index in [-0.39, 0.29) is 5.56 Å². The molecular weight excluding hydrogens is 235 g/mol. The molecule has 0 unspecified atom stereocenters. The minimum atomic E-state index is -0.459. The number of aldehydes is 1. The van der Waals surface area contributed by atoms with Crippen LogP contribution in [-0.2, 0) is 6.54 Å². The molecule has 0 aliphatic heterocycles. The lowest BCUT2D eigenvalue weighted by molar-refractivity contribution is 0.112. The molecule has 1 heterocycles. The maximum Gasteiger partial charge on any atom is 0.153 e. The van der Waals surface area contributed by atoms with Gasteiger partial charge in [-0.3, -0.25) is 9.48 Å². The molecule has 18 heavy (non-hydrogen) atoms. The Balaban J connectivity index is 2.67. The number of aromatic nitrogens is 2. The van der Waals surface area contributed by atoms with E-state index in [2.05, 4.69) is 5.10 Å². The van der Waals surface area contributed by atoms with Crippen LogP contribution in [0.4, 0.5) is 4.39 Å². The van der Waals surface area contributed by atoms with Crippen LogP contribution >= 0.6 is 0 Å². The number of hydrogen-bond donors (Lipinski definition) is 0. The first-order valence-corrected chi connectivity index (χ1v) is 5.56. The summed E-state index contributed by atoms with van der Waals surface area (Å²) < 4.78 is 20.6. The van der Waals surface area contributed by atoms with Gasteiger partial charge >= 0.3 is 0 Å². The van der Waals surface area contributed by atoms with Gasteiger partial charge in [0.05, 0.1) is 18.2 Å². The molecule has 0 amide bonds. The largest absolute Gasteiger partial charge is 0.496 e. The molecule has 4 nitrogen and oxygen atoms in total. The minimum Gasteiger partial charge on any atom is -0.496 e. The molecule has 0 fully saturated rings. The molecule has 0 spiro atoms. The molecule has 1 aromatic carbocycles. The number of carbonyl (C=O) groups is 1. The highest BCUT2D eigenvalue weighted by molar-refractivity contribution is 5.87. The molecule has 0 aliphatic carbocycles. The van der Waals surface area contributed by atoms with Crippen molar-refractivity contribution in [2.75, 3.05) is 7.11 Å². The zero-order valence-electron chi connectivity index (χ0n) is 10.2. The van der Waals surface area contributed by atoms with Crippen molar-refractivity contribution in [1.82, 2.24) is 9.78 Å². The number of hydrogen-bond acceptors (Lipinski definition) is 3. The summed E-state index contributed by atoms with van der Waals surface area (Å²) in [5.74, 6) is -0.0988. The van der Waals surface area contributed by atoms with E-state index >= 15 is 0 Å². The molecule has 2 rings (SSSR count). The van der Waals surface area contributed by atoms with Crippen LogP contribution < -0.4 is 4.74 Å². The second-order valence-electron chi connectivity index (χ2n) is 3.72. The zero-order chi connectivity index (χ0) is 13.1. The van der Waals surface area contributed by atoms with Gasteiger partial charge in [0, 0.05) is 12.7 Å². The van der Waals surface area contributed by atoms with E-state index in [1.165, 1.54) is 13.2 Å². The Kier molecular flexibility index (Phi) is 3.41. The molecule has 0 bridgehead atoms. The Morgan fingerprint density at radius 1 is 1.50 bits per heavy atom. The third-order valence-corrected chi connectivity index (χ3v) is 2.67. The second kappa shape index (κ2) is 5.00. The summed E-state index contributed by atoms with van der Waals surface area (Å²) >= 11 is 0. The smallest absolute Gasteiger partial charge is 0.153 e. The highest BCUT2D eigenvalue weighted by atomic mass is 19.1. The fourth-order valence-corrected chi connectivity index (χ4v) is 1.78. The predicted molar refractivity (Wildman–Crippen MR) is 65.2 cm³/mol. The summed E-state index contributed by atoms with van der Waals surface area (Å²) in [6.45, 7) is 2.50. The van der Waals surface area contributed by atoms with Crippen LogP contribution in [0.3, 0.4) is 0 Å². The Morgan fingerprint density at radius 3 is 2.89 bits per heavy atom. The normalized spacial score (nSPS) is 10.4. The van der Waals surface area contributed by atoms with Crippen LogP contribution in [0.15, 0.2) is 24.4 Å². The maximum absolute atomic E-state index is 13.9. The molecule has 2 aromatic rings. The van der Waals surface area contributed by atoms with Crippen molar-refractivity contribution in [1.29, 1.82) is 0 Å². The lowest BCUT2D eigenvalue weighted by Gasteiger charge is -2.07. The van der Waals surface area contributed by atoms with Gasteiger partial charge in [-0.15, -0.1) is 0 Å². The van der Waals surface area contributed by atoms with Crippen LogP contribution in [0.5, 0.6) is 5.75 Å². The van der Waals surface area contributed by atoms with E-state index in [0.29, 0.717) is 29.8 Å². The van der Waals surface area contributed by atoms with E-state index in [1.807, 2.05) is 6.92 Å². The molecule has 94 valence electrons. The van der Waals surface area contributed by atoms with Crippen molar-refractivity contribution in [3.8, 4) is 17.0 Å². The molecule has 1 aromatic heterocycles. The van der Waals surface area contributed by atoms with Crippen molar-refractivity contribution in [2.24, 2.45) is 0 Å². The van der Waals surface area contributed by atoms with Gasteiger partial charge in [-0.05, 0) is 19.1 Å². The average Bonchev–Trinajstić information content (AvgIpc) is 2.81. The molecule has 0 radical (unpaired) electrons. The van der Waals surface area contributed by atoms with Crippen LogP contribution in [0, 0.1) is 5.82 Å². The van der Waals surface area contributed by atoms with Gasteiger partial charge in [0.15, 0.2) is 6.29 Å². The molecule has 0 aliphatic rings. The fraction of sp³-hybridized carbons (Fsp3) is 0.231. The molecular formula is C13H13FN2O2. The van der Waals surface area contributed by atoms with Crippen LogP contribution in [0.25, 0.3) is 11.3 Å². The van der Waals surface area contributed by atoms with Crippen LogP contribution in [0.1, 0.15) is 17.3 Å². The summed E-state index contributed by atoms with van der Waals surface area (Å²) in [6, 6.07) is 4.50. The molecule has 0 saturated carbocycles. The lowest BCUT2D eigenvalue weighted by atomic mass is 10.1. The van der Waals surface area contributed by atoms with Gasteiger partial charge in [-0.2, -0.15) is 5.10 Å². The van der Waals surface area contributed by atoms with Crippen LogP contribution in [-0.4, -0.2) is 23.2 Å². The Labute approximate surface area is 104 Å². The Hall–Kier alpha value is -2.17. The van der Waals surface area contributed by atoms with E-state index in [9.17, 15) is 9.18 Å². The quantitative estimate of drug-likeness (QED) is 0.781. The summed E-state index contributed by atoms with van der Waals surface area (Å²) in [7, 11) is 1.45. The average molecular weight is 248 g/mol. The topological polar surface area (TPSA) is 44.1 Å². The van der Waals surface area contributed by atoms with Gasteiger partial charge < -0.3 is 4.74 Å². The third kappa shape index (κ3) is 1.99. The SMILES string of the molecule is CCn1cc(C=O)c(-c2c(F)cccc2OC)n1. The summed E-state index contributed by atoms with van der Waals surface area (Å²) in [4.78, 5) is 11.0. The van der Waals surface area contributed by atoms with E-state index in [4.69, 9.17) is 4.74 Å². The molecule has 0 saturated heterocycles. The second-order valence-corrected chi connectivity index (χ2v) is 3.72. The highest BCUT2D eigenvalue weighted by Gasteiger charge is 2.18. The zero-order valence-corrected chi connectivity index (χ0v) is 10.2. The number of carbonyl (C=O) groups excluding carboxylic acids is 1. The summed E-state index contributed by atoms with van der Waals surface area (Å²) in [5, 5.41) is 4.20. The Morgan fingerprint density at radius 2 is 2.28 bits per heavy atom. The predicted octanol–water partition coefficient (Wildman–Crippen LogP) is 2.53. The number of rotatable bonds is 4. The first kappa shape index (κ1) is 12.3. The van der Waals surface area contributed by atoms with Crippen molar-refractivity contribution < 1.29 is 13.9 Å². The van der Waals surface area contributed by atoms with Crippen LogP contribution in [0.2, 0.25) is 0 Å². The summed E-state index contributed by atoms with van der Waals surface area (Å²) in [6.07, 6.45) is 2.26. The van der Waals surface area contributed by atoms with E-state index in [0.717, 1.165) is 0 Å². The first-order chi connectivity index (χ1) is 8.71. The van der Waals surface area contributed by atoms with Gasteiger partial charge in [0.2, 0.25) is 0 Å². The van der Waals surface area contributed by atoms with Crippen molar-refractivity contribution in [3.05, 3.63) is 35.8 Å².